The third-order valence-corrected chi connectivity index (χ3v) is 4.78. The van der Waals surface area contributed by atoms with E-state index in [1.54, 1.807) is 18.4 Å². The Morgan fingerprint density at radius 2 is 2.15 bits per heavy atom. The van der Waals surface area contributed by atoms with Gasteiger partial charge in [0, 0.05) is 56.8 Å². The van der Waals surface area contributed by atoms with E-state index in [4.69, 9.17) is 9.47 Å². The first-order valence-corrected chi connectivity index (χ1v) is 10.3. The Morgan fingerprint density at radius 1 is 1.26 bits per heavy atom. The molecule has 1 heterocycles. The minimum atomic E-state index is 0.638. The lowest BCUT2D eigenvalue weighted by Crippen LogP contribution is -2.30. The summed E-state index contributed by atoms with van der Waals surface area (Å²) in [5, 5.41) is 9.92. The van der Waals surface area contributed by atoms with E-state index in [1.165, 1.54) is 5.01 Å². The molecule has 0 fully saturated rings. The van der Waals surface area contributed by atoms with Crippen LogP contribution < -0.4 is 15.4 Å². The molecule has 0 bridgehead atoms. The Balaban J connectivity index is 1.89. The molecule has 7 heteroatoms. The molecule has 27 heavy (non-hydrogen) atoms. The molecular formula is C20H30N4O2S. The van der Waals surface area contributed by atoms with Crippen molar-refractivity contribution in [2.45, 2.75) is 33.1 Å². The lowest BCUT2D eigenvalue weighted by atomic mass is 10.3. The molecule has 0 saturated heterocycles. The highest BCUT2D eigenvalue weighted by Crippen LogP contribution is 2.17. The van der Waals surface area contributed by atoms with E-state index in [0.29, 0.717) is 19.8 Å². The Kier molecular flexibility index (Phi) is 9.65. The highest BCUT2D eigenvalue weighted by molar-refractivity contribution is 7.09. The average Bonchev–Trinajstić information content (AvgIpc) is 3.14. The van der Waals surface area contributed by atoms with Gasteiger partial charge in [0.1, 0.15) is 5.75 Å². The molecule has 0 aliphatic rings. The monoisotopic (exact) mass is 390 g/mol. The van der Waals surface area contributed by atoms with Crippen molar-refractivity contribution in [2.24, 2.45) is 4.99 Å². The van der Waals surface area contributed by atoms with Crippen LogP contribution in [0, 0.1) is 0 Å². The fourth-order valence-electron chi connectivity index (χ4n) is 2.41. The number of benzene rings is 1. The topological polar surface area (TPSA) is 67.8 Å². The number of thiazole rings is 1. The zero-order chi connectivity index (χ0) is 19.3. The first-order chi connectivity index (χ1) is 13.2. The Morgan fingerprint density at radius 3 is 2.89 bits per heavy atom. The summed E-state index contributed by atoms with van der Waals surface area (Å²) >= 11 is 1.72. The van der Waals surface area contributed by atoms with Crippen molar-refractivity contribution in [2.75, 3.05) is 38.7 Å². The number of ether oxygens (including phenoxy) is 2. The van der Waals surface area contributed by atoms with Crippen LogP contribution in [-0.2, 0) is 17.6 Å². The van der Waals surface area contributed by atoms with Gasteiger partial charge >= 0.3 is 0 Å². The number of nitrogens with zero attached hydrogens (tertiary/aromatic N) is 2. The van der Waals surface area contributed by atoms with Crippen molar-refractivity contribution >= 4 is 23.0 Å². The van der Waals surface area contributed by atoms with Crippen LogP contribution in [0.4, 0.5) is 5.69 Å². The fraction of sp³-hybridized carbons (Fsp3) is 0.500. The summed E-state index contributed by atoms with van der Waals surface area (Å²) in [6.45, 7) is 7.02. The van der Waals surface area contributed by atoms with E-state index in [9.17, 15) is 0 Å². The standard InChI is InChI=1S/C20H30N4O2S/c1-4-19-23-17(15-27-19)10-11-22-20(21-5-2)24-16-8-6-9-18(14-16)26-13-7-12-25-3/h6,8-9,14-15H,4-5,7,10-13H2,1-3H3,(H2,21,22,24). The van der Waals surface area contributed by atoms with Crippen molar-refractivity contribution in [3.63, 3.8) is 0 Å². The number of anilines is 1. The lowest BCUT2D eigenvalue weighted by molar-refractivity contribution is 0.172. The van der Waals surface area contributed by atoms with Crippen molar-refractivity contribution in [3.05, 3.63) is 40.3 Å². The van der Waals surface area contributed by atoms with Crippen LogP contribution in [0.1, 0.15) is 31.0 Å². The molecule has 2 rings (SSSR count). The van der Waals surface area contributed by atoms with Gasteiger partial charge in [-0.2, -0.15) is 0 Å². The molecule has 0 aliphatic heterocycles. The first kappa shape index (κ1) is 21.2. The number of aryl methyl sites for hydroxylation is 1. The maximum atomic E-state index is 5.75. The summed E-state index contributed by atoms with van der Waals surface area (Å²) in [5.74, 6) is 1.60. The van der Waals surface area contributed by atoms with Crippen molar-refractivity contribution < 1.29 is 9.47 Å². The first-order valence-electron chi connectivity index (χ1n) is 9.45. The summed E-state index contributed by atoms with van der Waals surface area (Å²) in [6, 6.07) is 7.91. The molecule has 0 unspecified atom stereocenters. The average molecular weight is 391 g/mol. The van der Waals surface area contributed by atoms with Crippen LogP contribution in [-0.4, -0.2) is 44.4 Å². The van der Waals surface area contributed by atoms with Crippen LogP contribution in [0.25, 0.3) is 0 Å². The Hall–Kier alpha value is -2.12. The minimum Gasteiger partial charge on any atom is -0.493 e. The number of aromatic nitrogens is 1. The van der Waals surface area contributed by atoms with E-state index in [1.807, 2.05) is 24.3 Å². The molecule has 1 aromatic heterocycles. The van der Waals surface area contributed by atoms with Crippen LogP contribution in [0.3, 0.4) is 0 Å². The number of hydrogen-bond acceptors (Lipinski definition) is 5. The van der Waals surface area contributed by atoms with Gasteiger partial charge < -0.3 is 20.1 Å². The molecule has 0 atom stereocenters. The van der Waals surface area contributed by atoms with Crippen molar-refractivity contribution in [1.29, 1.82) is 0 Å². The van der Waals surface area contributed by atoms with Gasteiger partial charge in [-0.15, -0.1) is 11.3 Å². The molecule has 0 spiro atoms. The summed E-state index contributed by atoms with van der Waals surface area (Å²) in [6.07, 6.45) is 2.70. The van der Waals surface area contributed by atoms with Gasteiger partial charge in [-0.1, -0.05) is 13.0 Å². The fourth-order valence-corrected chi connectivity index (χ4v) is 3.19. The molecule has 1 aromatic carbocycles. The number of methoxy groups -OCH3 is 1. The van der Waals surface area contributed by atoms with Crippen molar-refractivity contribution in [1.82, 2.24) is 10.3 Å². The van der Waals surface area contributed by atoms with Gasteiger partial charge in [-0.05, 0) is 25.5 Å². The summed E-state index contributed by atoms with van der Waals surface area (Å²) in [7, 11) is 1.70. The second kappa shape index (κ2) is 12.3. The molecule has 0 radical (unpaired) electrons. The molecule has 148 valence electrons. The molecule has 6 nitrogen and oxygen atoms in total. The maximum Gasteiger partial charge on any atom is 0.195 e. The second-order valence-electron chi connectivity index (χ2n) is 5.94. The van der Waals surface area contributed by atoms with Gasteiger partial charge in [0.25, 0.3) is 0 Å². The zero-order valence-corrected chi connectivity index (χ0v) is 17.3. The molecule has 0 amide bonds. The van der Waals surface area contributed by atoms with Gasteiger partial charge in [0.05, 0.1) is 17.3 Å². The normalized spacial score (nSPS) is 11.4. The number of hydrogen-bond donors (Lipinski definition) is 2. The SMILES string of the molecule is CCNC(=NCCc1csc(CC)n1)Nc1cccc(OCCCOC)c1. The number of aliphatic imine (C=N–C) groups is 1. The van der Waals surface area contributed by atoms with E-state index in [-0.39, 0.29) is 0 Å². The van der Waals surface area contributed by atoms with Crippen molar-refractivity contribution in [3.8, 4) is 5.75 Å². The smallest absolute Gasteiger partial charge is 0.195 e. The highest BCUT2D eigenvalue weighted by atomic mass is 32.1. The lowest BCUT2D eigenvalue weighted by Gasteiger charge is -2.13. The summed E-state index contributed by atoms with van der Waals surface area (Å²) in [4.78, 5) is 9.25. The molecule has 0 saturated carbocycles. The van der Waals surface area contributed by atoms with Gasteiger partial charge in [-0.3, -0.25) is 4.99 Å². The molecule has 0 aliphatic carbocycles. The molecule has 2 aromatic rings. The Labute approximate surface area is 166 Å². The van der Waals surface area contributed by atoms with Crippen LogP contribution in [0.15, 0.2) is 34.6 Å². The van der Waals surface area contributed by atoms with E-state index in [2.05, 4.69) is 39.8 Å². The van der Waals surface area contributed by atoms with Crippen LogP contribution in [0.2, 0.25) is 0 Å². The predicted molar refractivity (Wildman–Crippen MR) is 113 cm³/mol. The summed E-state index contributed by atoms with van der Waals surface area (Å²) in [5.41, 5.74) is 2.06. The van der Waals surface area contributed by atoms with Gasteiger partial charge in [0.15, 0.2) is 5.96 Å². The number of nitrogens with one attached hydrogen (secondary N) is 2. The van der Waals surface area contributed by atoms with Crippen LogP contribution in [0.5, 0.6) is 5.75 Å². The summed E-state index contributed by atoms with van der Waals surface area (Å²) < 4.78 is 10.8. The number of guanidine groups is 1. The minimum absolute atomic E-state index is 0.638. The van der Waals surface area contributed by atoms with E-state index in [0.717, 1.165) is 48.9 Å². The quantitative estimate of drug-likeness (QED) is 0.348. The van der Waals surface area contributed by atoms with Crippen LogP contribution >= 0.6 is 11.3 Å². The van der Waals surface area contributed by atoms with Gasteiger partial charge in [0.2, 0.25) is 0 Å². The number of rotatable bonds is 11. The van der Waals surface area contributed by atoms with E-state index < -0.39 is 0 Å². The second-order valence-corrected chi connectivity index (χ2v) is 6.89. The molecule has 2 N–H and O–H groups in total. The Bertz CT molecular complexity index is 703. The third kappa shape index (κ3) is 7.97. The third-order valence-electron chi connectivity index (χ3n) is 3.74. The maximum absolute atomic E-state index is 5.75. The van der Waals surface area contributed by atoms with Gasteiger partial charge in [-0.25, -0.2) is 4.98 Å². The largest absolute Gasteiger partial charge is 0.493 e. The van der Waals surface area contributed by atoms with E-state index >= 15 is 0 Å². The predicted octanol–water partition coefficient (Wildman–Crippen LogP) is 3.74. The highest BCUT2D eigenvalue weighted by Gasteiger charge is 2.03. The zero-order valence-electron chi connectivity index (χ0n) is 16.5. The molecular weight excluding hydrogens is 360 g/mol.